The number of nitrogens with one attached hydrogen (secondary N) is 1. The second kappa shape index (κ2) is 9.06. The molecule has 1 N–H and O–H groups in total. The Morgan fingerprint density at radius 2 is 1.38 bits per heavy atom. The number of hydrogen-bond acceptors (Lipinski definition) is 3. The van der Waals surface area contributed by atoms with Crippen LogP contribution in [0.1, 0.15) is 35.4 Å². The molecule has 1 atom stereocenters. The van der Waals surface area contributed by atoms with Crippen molar-refractivity contribution in [2.45, 2.75) is 30.8 Å². The monoisotopic (exact) mass is 385 g/mol. The molecule has 0 saturated carbocycles. The maximum atomic E-state index is 13.6. The summed E-state index contributed by atoms with van der Waals surface area (Å²) < 4.78 is 6.37. The summed E-state index contributed by atoms with van der Waals surface area (Å²) >= 11 is 0. The van der Waals surface area contributed by atoms with Crippen LogP contribution in [0.4, 0.5) is 0 Å². The first-order valence-corrected chi connectivity index (χ1v) is 10.3. The third-order valence-electron chi connectivity index (χ3n) is 5.78. The SMILES string of the molecule is O=C(OC1(c2ccccc2)CCNCC1)C(Cc1ccccc1)c1ccccc1. The Bertz CT molecular complexity index is 903. The molecule has 3 heteroatoms. The number of ether oxygens (including phenoxy) is 1. The summed E-state index contributed by atoms with van der Waals surface area (Å²) in [4.78, 5) is 13.6. The van der Waals surface area contributed by atoms with Gasteiger partial charge in [-0.3, -0.25) is 4.79 Å². The Morgan fingerprint density at radius 1 is 0.828 bits per heavy atom. The first kappa shape index (κ1) is 19.4. The zero-order chi connectivity index (χ0) is 19.9. The molecule has 1 fully saturated rings. The van der Waals surface area contributed by atoms with E-state index in [0.29, 0.717) is 6.42 Å². The molecule has 0 radical (unpaired) electrons. The quantitative estimate of drug-likeness (QED) is 0.618. The molecule has 0 bridgehead atoms. The van der Waals surface area contributed by atoms with Crippen molar-refractivity contribution in [3.05, 3.63) is 108 Å². The predicted octanol–water partition coefficient (Wildman–Crippen LogP) is 4.84. The highest BCUT2D eigenvalue weighted by Crippen LogP contribution is 2.37. The second-order valence-corrected chi connectivity index (χ2v) is 7.68. The molecular formula is C26H27NO2. The van der Waals surface area contributed by atoms with Gasteiger partial charge in [-0.25, -0.2) is 0 Å². The third-order valence-corrected chi connectivity index (χ3v) is 5.78. The fraction of sp³-hybridized carbons (Fsp3) is 0.269. The zero-order valence-corrected chi connectivity index (χ0v) is 16.6. The maximum absolute atomic E-state index is 13.6. The Hall–Kier alpha value is -2.91. The average Bonchev–Trinajstić information content (AvgIpc) is 2.80. The third kappa shape index (κ3) is 4.57. The van der Waals surface area contributed by atoms with Crippen LogP contribution in [0.3, 0.4) is 0 Å². The van der Waals surface area contributed by atoms with Crippen molar-refractivity contribution in [1.82, 2.24) is 5.32 Å². The van der Waals surface area contributed by atoms with Gasteiger partial charge < -0.3 is 10.1 Å². The Balaban J connectivity index is 1.64. The van der Waals surface area contributed by atoms with Crippen LogP contribution in [0.15, 0.2) is 91.0 Å². The van der Waals surface area contributed by atoms with Crippen molar-refractivity contribution in [3.8, 4) is 0 Å². The number of carbonyl (C=O) groups is 1. The normalized spacial score (nSPS) is 16.7. The molecule has 0 aliphatic carbocycles. The number of esters is 1. The summed E-state index contributed by atoms with van der Waals surface area (Å²) in [6.07, 6.45) is 2.21. The molecule has 1 aliphatic rings. The van der Waals surface area contributed by atoms with E-state index < -0.39 is 5.60 Å². The van der Waals surface area contributed by atoms with E-state index in [1.165, 1.54) is 0 Å². The minimum Gasteiger partial charge on any atom is -0.454 e. The van der Waals surface area contributed by atoms with Gasteiger partial charge in [-0.15, -0.1) is 0 Å². The number of rotatable bonds is 6. The minimum atomic E-state index is -0.562. The summed E-state index contributed by atoms with van der Waals surface area (Å²) in [5, 5.41) is 3.39. The molecule has 1 aliphatic heterocycles. The van der Waals surface area contributed by atoms with Crippen LogP contribution >= 0.6 is 0 Å². The van der Waals surface area contributed by atoms with Crippen LogP contribution in [-0.4, -0.2) is 19.1 Å². The fourth-order valence-electron chi connectivity index (χ4n) is 4.16. The van der Waals surface area contributed by atoms with Crippen LogP contribution < -0.4 is 5.32 Å². The molecule has 3 aromatic carbocycles. The molecule has 3 aromatic rings. The molecule has 0 spiro atoms. The molecule has 1 unspecified atom stereocenters. The topological polar surface area (TPSA) is 38.3 Å². The standard InChI is InChI=1S/C26H27NO2/c28-25(29-26(16-18-27-19-17-26)23-14-8-3-9-15-23)24(22-12-6-2-7-13-22)20-21-10-4-1-5-11-21/h1-15,24,27H,16-20H2. The van der Waals surface area contributed by atoms with Crippen molar-refractivity contribution < 1.29 is 9.53 Å². The molecule has 29 heavy (non-hydrogen) atoms. The van der Waals surface area contributed by atoms with Crippen LogP contribution in [0.25, 0.3) is 0 Å². The molecule has 1 saturated heterocycles. The van der Waals surface area contributed by atoms with Gasteiger partial charge in [0.1, 0.15) is 5.60 Å². The first-order valence-electron chi connectivity index (χ1n) is 10.3. The van der Waals surface area contributed by atoms with E-state index in [-0.39, 0.29) is 11.9 Å². The van der Waals surface area contributed by atoms with Gasteiger partial charge in [-0.05, 0) is 36.2 Å². The van der Waals surface area contributed by atoms with E-state index >= 15 is 0 Å². The molecule has 148 valence electrons. The van der Waals surface area contributed by atoms with Crippen LogP contribution in [0, 0.1) is 0 Å². The number of benzene rings is 3. The zero-order valence-electron chi connectivity index (χ0n) is 16.6. The Labute approximate surface area is 172 Å². The number of carbonyl (C=O) groups excluding carboxylic acids is 1. The van der Waals surface area contributed by atoms with Crippen molar-refractivity contribution in [2.24, 2.45) is 0 Å². The van der Waals surface area contributed by atoms with Gasteiger partial charge >= 0.3 is 5.97 Å². The number of hydrogen-bond donors (Lipinski definition) is 1. The van der Waals surface area contributed by atoms with Gasteiger partial charge in [0.05, 0.1) is 5.92 Å². The van der Waals surface area contributed by atoms with Crippen LogP contribution in [0.2, 0.25) is 0 Å². The van der Waals surface area contributed by atoms with E-state index in [9.17, 15) is 4.79 Å². The van der Waals surface area contributed by atoms with Gasteiger partial charge in [0.15, 0.2) is 0 Å². The van der Waals surface area contributed by atoms with E-state index in [1.54, 1.807) is 0 Å². The molecule has 1 heterocycles. The fourth-order valence-corrected chi connectivity index (χ4v) is 4.16. The summed E-state index contributed by atoms with van der Waals surface area (Å²) in [6.45, 7) is 1.69. The molecule has 4 rings (SSSR count). The summed E-state index contributed by atoms with van der Waals surface area (Å²) in [5.41, 5.74) is 2.66. The van der Waals surface area contributed by atoms with Crippen LogP contribution in [-0.2, 0) is 21.6 Å². The highest BCUT2D eigenvalue weighted by molar-refractivity contribution is 5.79. The Morgan fingerprint density at radius 3 is 2.00 bits per heavy atom. The Kier molecular flexibility index (Phi) is 6.06. The molecule has 0 amide bonds. The lowest BCUT2D eigenvalue weighted by Gasteiger charge is -2.38. The lowest BCUT2D eigenvalue weighted by atomic mass is 9.84. The molecule has 0 aromatic heterocycles. The van der Waals surface area contributed by atoms with E-state index in [4.69, 9.17) is 4.74 Å². The summed E-state index contributed by atoms with van der Waals surface area (Å²) in [6, 6.07) is 30.4. The van der Waals surface area contributed by atoms with E-state index in [2.05, 4.69) is 29.6 Å². The highest BCUT2D eigenvalue weighted by Gasteiger charge is 2.39. The first-order chi connectivity index (χ1) is 14.3. The van der Waals surface area contributed by atoms with Crippen LogP contribution in [0.5, 0.6) is 0 Å². The molecular weight excluding hydrogens is 358 g/mol. The second-order valence-electron chi connectivity index (χ2n) is 7.68. The van der Waals surface area contributed by atoms with E-state index in [0.717, 1.165) is 42.6 Å². The highest BCUT2D eigenvalue weighted by atomic mass is 16.6. The predicted molar refractivity (Wildman–Crippen MR) is 116 cm³/mol. The average molecular weight is 386 g/mol. The number of piperidine rings is 1. The van der Waals surface area contributed by atoms with Gasteiger partial charge in [-0.1, -0.05) is 91.0 Å². The maximum Gasteiger partial charge on any atom is 0.314 e. The van der Waals surface area contributed by atoms with Gasteiger partial charge in [0, 0.05) is 12.8 Å². The summed E-state index contributed by atoms with van der Waals surface area (Å²) in [7, 11) is 0. The van der Waals surface area contributed by atoms with Crippen molar-refractivity contribution in [3.63, 3.8) is 0 Å². The van der Waals surface area contributed by atoms with Gasteiger partial charge in [-0.2, -0.15) is 0 Å². The molecule has 3 nitrogen and oxygen atoms in total. The van der Waals surface area contributed by atoms with Gasteiger partial charge in [0.2, 0.25) is 0 Å². The largest absolute Gasteiger partial charge is 0.454 e. The van der Waals surface area contributed by atoms with Crippen molar-refractivity contribution in [1.29, 1.82) is 0 Å². The van der Waals surface area contributed by atoms with Crippen molar-refractivity contribution >= 4 is 5.97 Å². The smallest absolute Gasteiger partial charge is 0.314 e. The summed E-state index contributed by atoms with van der Waals surface area (Å²) in [5.74, 6) is -0.472. The lowest BCUT2D eigenvalue weighted by molar-refractivity contribution is -0.166. The lowest BCUT2D eigenvalue weighted by Crippen LogP contribution is -2.44. The van der Waals surface area contributed by atoms with E-state index in [1.807, 2.05) is 66.7 Å². The minimum absolute atomic E-state index is 0.147. The van der Waals surface area contributed by atoms with Crippen molar-refractivity contribution in [2.75, 3.05) is 13.1 Å². The van der Waals surface area contributed by atoms with Gasteiger partial charge in [0.25, 0.3) is 0 Å².